The number of fused-ring (bicyclic) bond motifs is 1. The maximum atomic E-state index is 12.9. The van der Waals surface area contributed by atoms with Crippen molar-refractivity contribution in [2.45, 2.75) is 0 Å². The van der Waals surface area contributed by atoms with E-state index >= 15 is 0 Å². The smallest absolute Gasteiger partial charge is 0.256 e. The summed E-state index contributed by atoms with van der Waals surface area (Å²) in [7, 11) is 0. The summed E-state index contributed by atoms with van der Waals surface area (Å²) in [4.78, 5) is 27.6. The summed E-state index contributed by atoms with van der Waals surface area (Å²) >= 11 is 0. The largest absolute Gasteiger partial charge is 0.322 e. The molecule has 4 rings (SSSR count). The van der Waals surface area contributed by atoms with Gasteiger partial charge in [0.25, 0.3) is 5.91 Å². The van der Waals surface area contributed by atoms with Gasteiger partial charge in [0, 0.05) is 28.2 Å². The number of anilines is 1. The lowest BCUT2D eigenvalue weighted by molar-refractivity contribution is 0.102. The lowest BCUT2D eigenvalue weighted by Crippen LogP contribution is -2.17. The average Bonchev–Trinajstić information content (AvgIpc) is 2.68. The molecule has 1 amide bonds. The molecule has 1 heterocycles. The Kier molecular flexibility index (Phi) is 4.07. The zero-order valence-corrected chi connectivity index (χ0v) is 13.9. The van der Waals surface area contributed by atoms with Crippen molar-refractivity contribution < 1.29 is 4.79 Å². The predicted molar refractivity (Wildman–Crippen MR) is 104 cm³/mol. The van der Waals surface area contributed by atoms with Gasteiger partial charge in [-0.1, -0.05) is 66.7 Å². The molecule has 0 atom stereocenters. The van der Waals surface area contributed by atoms with Gasteiger partial charge in [-0.05, 0) is 17.7 Å². The number of carbonyl (C=O) groups excluding carboxylic acids is 1. The van der Waals surface area contributed by atoms with Crippen LogP contribution in [-0.2, 0) is 0 Å². The van der Waals surface area contributed by atoms with Crippen LogP contribution in [0.25, 0.3) is 22.0 Å². The molecule has 2 N–H and O–H groups in total. The van der Waals surface area contributed by atoms with Crippen molar-refractivity contribution in [3.05, 3.63) is 101 Å². The maximum absolute atomic E-state index is 12.9. The number of H-pyrrole nitrogens is 1. The third-order valence-electron chi connectivity index (χ3n) is 4.26. The number of carbonyl (C=O) groups is 1. The normalized spacial score (nSPS) is 10.6. The standard InChI is InChI=1S/C22H16N2O2/c25-21-14-18(17-11-5-7-13-20(17)23-21)22(26)24-19-12-6-4-10-16(19)15-8-2-1-3-9-15/h1-14H,(H,23,25)(H,24,26). The van der Waals surface area contributed by atoms with Crippen LogP contribution >= 0.6 is 0 Å². The lowest BCUT2D eigenvalue weighted by Gasteiger charge is -2.12. The minimum Gasteiger partial charge on any atom is -0.322 e. The Morgan fingerprint density at radius 2 is 1.50 bits per heavy atom. The van der Waals surface area contributed by atoms with E-state index in [0.717, 1.165) is 11.1 Å². The van der Waals surface area contributed by atoms with Crippen molar-refractivity contribution in [1.82, 2.24) is 4.98 Å². The molecule has 0 aliphatic carbocycles. The monoisotopic (exact) mass is 340 g/mol. The number of amides is 1. The summed E-state index contributed by atoms with van der Waals surface area (Å²) in [5, 5.41) is 3.66. The van der Waals surface area contributed by atoms with E-state index in [4.69, 9.17) is 0 Å². The molecule has 0 unspecified atom stereocenters. The molecule has 0 bridgehead atoms. The van der Waals surface area contributed by atoms with Crippen molar-refractivity contribution in [2.75, 3.05) is 5.32 Å². The van der Waals surface area contributed by atoms with E-state index in [0.29, 0.717) is 22.2 Å². The molecule has 4 heteroatoms. The molecule has 126 valence electrons. The number of hydrogen-bond donors (Lipinski definition) is 2. The van der Waals surface area contributed by atoms with Crippen LogP contribution in [0.5, 0.6) is 0 Å². The molecule has 0 saturated carbocycles. The van der Waals surface area contributed by atoms with Crippen LogP contribution in [0.1, 0.15) is 10.4 Å². The van der Waals surface area contributed by atoms with Gasteiger partial charge in [0.1, 0.15) is 0 Å². The minimum absolute atomic E-state index is 0.301. The molecule has 0 aliphatic rings. The quantitative estimate of drug-likeness (QED) is 0.579. The maximum Gasteiger partial charge on any atom is 0.256 e. The summed E-state index contributed by atoms with van der Waals surface area (Å²) in [5.41, 5.74) is 3.33. The highest BCUT2D eigenvalue weighted by atomic mass is 16.2. The van der Waals surface area contributed by atoms with Crippen LogP contribution in [-0.4, -0.2) is 10.9 Å². The number of para-hydroxylation sites is 2. The molecule has 3 aromatic carbocycles. The van der Waals surface area contributed by atoms with Gasteiger partial charge in [0.15, 0.2) is 0 Å². The van der Waals surface area contributed by atoms with Crippen LogP contribution in [0.2, 0.25) is 0 Å². The molecule has 0 saturated heterocycles. The van der Waals surface area contributed by atoms with Crippen LogP contribution in [0.3, 0.4) is 0 Å². The summed E-state index contributed by atoms with van der Waals surface area (Å²) < 4.78 is 0. The molecular weight excluding hydrogens is 324 g/mol. The summed E-state index contributed by atoms with van der Waals surface area (Å²) in [5.74, 6) is -0.310. The first-order valence-electron chi connectivity index (χ1n) is 8.30. The first-order valence-corrected chi connectivity index (χ1v) is 8.30. The van der Waals surface area contributed by atoms with Gasteiger partial charge in [0.05, 0.1) is 5.56 Å². The van der Waals surface area contributed by atoms with E-state index in [1.165, 1.54) is 6.07 Å². The first-order chi connectivity index (χ1) is 12.7. The van der Waals surface area contributed by atoms with Crippen LogP contribution in [0.15, 0.2) is 89.7 Å². The van der Waals surface area contributed by atoms with E-state index in [9.17, 15) is 9.59 Å². The summed E-state index contributed by atoms with van der Waals surface area (Å²) in [6.45, 7) is 0. The number of aromatic amines is 1. The number of aromatic nitrogens is 1. The zero-order chi connectivity index (χ0) is 17.9. The number of rotatable bonds is 3. The zero-order valence-electron chi connectivity index (χ0n) is 13.9. The van der Waals surface area contributed by atoms with Crippen LogP contribution in [0.4, 0.5) is 5.69 Å². The molecular formula is C22H16N2O2. The highest BCUT2D eigenvalue weighted by molar-refractivity contribution is 6.13. The van der Waals surface area contributed by atoms with Crippen molar-refractivity contribution in [2.24, 2.45) is 0 Å². The van der Waals surface area contributed by atoms with E-state index in [1.807, 2.05) is 72.8 Å². The number of pyridine rings is 1. The third kappa shape index (κ3) is 3.00. The van der Waals surface area contributed by atoms with Crippen molar-refractivity contribution in [1.29, 1.82) is 0 Å². The molecule has 4 nitrogen and oxygen atoms in total. The Balaban J connectivity index is 1.76. The topological polar surface area (TPSA) is 62.0 Å². The molecule has 0 radical (unpaired) electrons. The Morgan fingerprint density at radius 3 is 2.35 bits per heavy atom. The van der Waals surface area contributed by atoms with Gasteiger partial charge in [-0.3, -0.25) is 9.59 Å². The van der Waals surface area contributed by atoms with Gasteiger partial charge < -0.3 is 10.3 Å². The minimum atomic E-state index is -0.310. The molecule has 0 fully saturated rings. The molecule has 0 aliphatic heterocycles. The van der Waals surface area contributed by atoms with Crippen molar-refractivity contribution >= 4 is 22.5 Å². The average molecular weight is 340 g/mol. The van der Waals surface area contributed by atoms with Crippen LogP contribution in [0, 0.1) is 0 Å². The SMILES string of the molecule is O=C(Nc1ccccc1-c1ccccc1)c1cc(=O)[nH]c2ccccc12. The fourth-order valence-electron chi connectivity index (χ4n) is 3.04. The highest BCUT2D eigenvalue weighted by Crippen LogP contribution is 2.28. The van der Waals surface area contributed by atoms with E-state index in [-0.39, 0.29) is 11.5 Å². The highest BCUT2D eigenvalue weighted by Gasteiger charge is 2.14. The Bertz CT molecular complexity index is 1150. The Labute approximate surface area is 150 Å². The predicted octanol–water partition coefficient (Wildman–Crippen LogP) is 4.45. The van der Waals surface area contributed by atoms with Crippen LogP contribution < -0.4 is 10.9 Å². The van der Waals surface area contributed by atoms with E-state index < -0.39 is 0 Å². The summed E-state index contributed by atoms with van der Waals surface area (Å²) in [6, 6.07) is 26.1. The third-order valence-corrected chi connectivity index (χ3v) is 4.26. The number of benzene rings is 3. The van der Waals surface area contributed by atoms with E-state index in [2.05, 4.69) is 10.3 Å². The Hall–Kier alpha value is -3.66. The van der Waals surface area contributed by atoms with E-state index in [1.54, 1.807) is 6.07 Å². The fraction of sp³-hybridized carbons (Fsp3) is 0. The number of hydrogen-bond acceptors (Lipinski definition) is 2. The molecule has 26 heavy (non-hydrogen) atoms. The fourth-order valence-corrected chi connectivity index (χ4v) is 3.04. The number of nitrogens with one attached hydrogen (secondary N) is 2. The van der Waals surface area contributed by atoms with Gasteiger partial charge in [-0.25, -0.2) is 0 Å². The molecule has 1 aromatic heterocycles. The van der Waals surface area contributed by atoms with Gasteiger partial charge >= 0.3 is 0 Å². The Morgan fingerprint density at radius 1 is 0.808 bits per heavy atom. The second-order valence-electron chi connectivity index (χ2n) is 5.96. The summed E-state index contributed by atoms with van der Waals surface area (Å²) in [6.07, 6.45) is 0. The second kappa shape index (κ2) is 6.69. The van der Waals surface area contributed by atoms with Crippen molar-refractivity contribution in [3.8, 4) is 11.1 Å². The first kappa shape index (κ1) is 15.8. The molecule has 0 spiro atoms. The van der Waals surface area contributed by atoms with Gasteiger partial charge in [0.2, 0.25) is 5.56 Å². The lowest BCUT2D eigenvalue weighted by atomic mass is 10.0. The van der Waals surface area contributed by atoms with Crippen molar-refractivity contribution in [3.63, 3.8) is 0 Å². The second-order valence-corrected chi connectivity index (χ2v) is 5.96. The molecule has 4 aromatic rings. The van der Waals surface area contributed by atoms with Gasteiger partial charge in [-0.15, -0.1) is 0 Å². The van der Waals surface area contributed by atoms with Gasteiger partial charge in [-0.2, -0.15) is 0 Å².